The number of aromatic nitrogens is 2. The third-order valence-electron chi connectivity index (χ3n) is 1.29. The highest BCUT2D eigenvalue weighted by Crippen LogP contribution is 2.03. The molecular formula is C9H9N3O. The third kappa shape index (κ3) is 2.91. The summed E-state index contributed by atoms with van der Waals surface area (Å²) in [5, 5.41) is 8.49. The van der Waals surface area contributed by atoms with Crippen LogP contribution in [0, 0.1) is 11.3 Å². The molecule has 0 unspecified atom stereocenters. The molecule has 0 saturated carbocycles. The Morgan fingerprint density at radius 3 is 3.23 bits per heavy atom. The first-order valence-corrected chi connectivity index (χ1v) is 3.84. The van der Waals surface area contributed by atoms with E-state index in [9.17, 15) is 0 Å². The van der Waals surface area contributed by atoms with Crippen molar-refractivity contribution in [2.45, 2.75) is 6.92 Å². The summed E-state index contributed by atoms with van der Waals surface area (Å²) in [6.45, 7) is 2.36. The summed E-state index contributed by atoms with van der Waals surface area (Å²) in [5.74, 6) is 0.544. The van der Waals surface area contributed by atoms with E-state index in [4.69, 9.17) is 10.00 Å². The lowest BCUT2D eigenvalue weighted by Crippen LogP contribution is -1.97. The summed E-state index contributed by atoms with van der Waals surface area (Å²) >= 11 is 0. The van der Waals surface area contributed by atoms with Gasteiger partial charge in [-0.1, -0.05) is 12.2 Å². The molecule has 0 spiro atoms. The van der Waals surface area contributed by atoms with Crippen LogP contribution in [0.15, 0.2) is 24.4 Å². The fraction of sp³-hybridized carbons (Fsp3) is 0.222. The van der Waals surface area contributed by atoms with E-state index in [-0.39, 0.29) is 5.82 Å². The third-order valence-corrected chi connectivity index (χ3v) is 1.29. The normalized spacial score (nSPS) is 9.85. The van der Waals surface area contributed by atoms with E-state index in [0.29, 0.717) is 12.5 Å². The van der Waals surface area contributed by atoms with Crippen molar-refractivity contribution in [3.05, 3.63) is 30.2 Å². The van der Waals surface area contributed by atoms with Crippen molar-refractivity contribution in [2.24, 2.45) is 0 Å². The molecule has 0 aliphatic rings. The van der Waals surface area contributed by atoms with Gasteiger partial charge in [0.05, 0.1) is 0 Å². The lowest BCUT2D eigenvalue weighted by Gasteiger charge is -1.99. The van der Waals surface area contributed by atoms with Gasteiger partial charge in [-0.05, 0) is 6.92 Å². The Balaban J connectivity index is 2.62. The Hall–Kier alpha value is -1.89. The molecule has 1 aromatic rings. The van der Waals surface area contributed by atoms with Crippen LogP contribution in [0.2, 0.25) is 0 Å². The van der Waals surface area contributed by atoms with E-state index < -0.39 is 0 Å². The predicted molar refractivity (Wildman–Crippen MR) is 47.1 cm³/mol. The second kappa shape index (κ2) is 4.88. The standard InChI is InChI=1S/C9H9N3O/c1-2-3-6-13-9-4-5-11-8(7-10)12-9/h2-5H,6H2,1H3/b3-2+. The molecule has 4 nitrogen and oxygen atoms in total. The van der Waals surface area contributed by atoms with Gasteiger partial charge in [-0.25, -0.2) is 4.98 Å². The van der Waals surface area contributed by atoms with Crippen LogP contribution in [0.1, 0.15) is 12.7 Å². The van der Waals surface area contributed by atoms with Crippen molar-refractivity contribution in [3.63, 3.8) is 0 Å². The van der Waals surface area contributed by atoms with Crippen molar-refractivity contribution < 1.29 is 4.74 Å². The summed E-state index contributed by atoms with van der Waals surface area (Å²) in [6.07, 6.45) is 5.23. The Kier molecular flexibility index (Phi) is 3.45. The number of ether oxygens (including phenoxy) is 1. The molecule has 0 fully saturated rings. The molecule has 0 bridgehead atoms. The number of rotatable bonds is 3. The fourth-order valence-corrected chi connectivity index (χ4v) is 0.706. The van der Waals surface area contributed by atoms with Gasteiger partial charge >= 0.3 is 0 Å². The number of nitriles is 1. The fourth-order valence-electron chi connectivity index (χ4n) is 0.706. The topological polar surface area (TPSA) is 58.8 Å². The first-order chi connectivity index (χ1) is 6.36. The largest absolute Gasteiger partial charge is 0.473 e. The molecule has 1 rings (SSSR count). The van der Waals surface area contributed by atoms with Crippen LogP contribution in [0.3, 0.4) is 0 Å². The minimum atomic E-state index is 0.123. The molecule has 1 heterocycles. The molecule has 0 saturated heterocycles. The molecule has 1 aromatic heterocycles. The molecule has 66 valence electrons. The van der Waals surface area contributed by atoms with Crippen molar-refractivity contribution in [1.82, 2.24) is 9.97 Å². The highest BCUT2D eigenvalue weighted by atomic mass is 16.5. The number of nitrogens with zero attached hydrogens (tertiary/aromatic N) is 3. The molecule has 0 aromatic carbocycles. The van der Waals surface area contributed by atoms with Gasteiger partial charge in [0.25, 0.3) is 0 Å². The average molecular weight is 175 g/mol. The number of allylic oxidation sites excluding steroid dienone is 1. The van der Waals surface area contributed by atoms with E-state index in [1.165, 1.54) is 6.20 Å². The van der Waals surface area contributed by atoms with Crippen molar-refractivity contribution in [1.29, 1.82) is 5.26 Å². The van der Waals surface area contributed by atoms with Gasteiger partial charge in [0.2, 0.25) is 11.7 Å². The van der Waals surface area contributed by atoms with Crippen molar-refractivity contribution >= 4 is 0 Å². The molecule has 4 heteroatoms. The quantitative estimate of drug-likeness (QED) is 0.650. The van der Waals surface area contributed by atoms with Crippen LogP contribution in [0.25, 0.3) is 0 Å². The summed E-state index contributed by atoms with van der Waals surface area (Å²) < 4.78 is 5.20. The monoisotopic (exact) mass is 175 g/mol. The number of hydrogen-bond donors (Lipinski definition) is 0. The van der Waals surface area contributed by atoms with Crippen LogP contribution in [0.5, 0.6) is 5.88 Å². The predicted octanol–water partition coefficient (Wildman–Crippen LogP) is 1.30. The van der Waals surface area contributed by atoms with Gasteiger partial charge in [0.15, 0.2) is 0 Å². The molecule has 0 atom stereocenters. The summed E-state index contributed by atoms with van der Waals surface area (Å²) in [7, 11) is 0. The minimum absolute atomic E-state index is 0.123. The summed E-state index contributed by atoms with van der Waals surface area (Å²) in [5.41, 5.74) is 0. The second-order valence-electron chi connectivity index (χ2n) is 2.21. The Morgan fingerprint density at radius 2 is 2.54 bits per heavy atom. The van der Waals surface area contributed by atoms with Crippen LogP contribution in [-0.2, 0) is 0 Å². The minimum Gasteiger partial charge on any atom is -0.473 e. The van der Waals surface area contributed by atoms with Crippen molar-refractivity contribution in [2.75, 3.05) is 6.61 Å². The van der Waals surface area contributed by atoms with Crippen molar-refractivity contribution in [3.8, 4) is 11.9 Å². The van der Waals surface area contributed by atoms with Crippen LogP contribution < -0.4 is 4.74 Å². The number of hydrogen-bond acceptors (Lipinski definition) is 4. The highest BCUT2D eigenvalue weighted by Gasteiger charge is 1.96. The van der Waals surface area contributed by atoms with Crippen LogP contribution in [-0.4, -0.2) is 16.6 Å². The van der Waals surface area contributed by atoms with E-state index in [2.05, 4.69) is 9.97 Å². The average Bonchev–Trinajstić information content (AvgIpc) is 2.19. The maximum absolute atomic E-state index is 8.49. The van der Waals surface area contributed by atoms with Crippen LogP contribution in [0.4, 0.5) is 0 Å². The Labute approximate surface area is 76.5 Å². The van der Waals surface area contributed by atoms with Gasteiger partial charge in [-0.2, -0.15) is 10.2 Å². The van der Waals surface area contributed by atoms with E-state index in [0.717, 1.165) is 0 Å². The first kappa shape index (κ1) is 9.20. The van der Waals surface area contributed by atoms with Gasteiger partial charge in [-0.15, -0.1) is 0 Å². The Morgan fingerprint density at radius 1 is 1.69 bits per heavy atom. The smallest absolute Gasteiger partial charge is 0.235 e. The maximum atomic E-state index is 8.49. The Bertz CT molecular complexity index is 341. The summed E-state index contributed by atoms with van der Waals surface area (Å²) in [6, 6.07) is 3.45. The molecule has 13 heavy (non-hydrogen) atoms. The molecular weight excluding hydrogens is 166 g/mol. The highest BCUT2D eigenvalue weighted by molar-refractivity contribution is 5.16. The van der Waals surface area contributed by atoms with Gasteiger partial charge in [-0.3, -0.25) is 0 Å². The van der Waals surface area contributed by atoms with E-state index in [1.54, 1.807) is 6.07 Å². The van der Waals surface area contributed by atoms with Gasteiger partial charge in [0, 0.05) is 12.3 Å². The lowest BCUT2D eigenvalue weighted by atomic mass is 10.5. The molecule has 0 aliphatic heterocycles. The zero-order chi connectivity index (χ0) is 9.52. The molecule has 0 amide bonds. The zero-order valence-electron chi connectivity index (χ0n) is 7.27. The van der Waals surface area contributed by atoms with E-state index >= 15 is 0 Å². The van der Waals surface area contributed by atoms with E-state index in [1.807, 2.05) is 25.1 Å². The first-order valence-electron chi connectivity index (χ1n) is 3.84. The molecule has 0 aliphatic carbocycles. The maximum Gasteiger partial charge on any atom is 0.235 e. The molecule has 0 N–H and O–H groups in total. The zero-order valence-corrected chi connectivity index (χ0v) is 7.27. The lowest BCUT2D eigenvalue weighted by molar-refractivity contribution is 0.347. The molecule has 0 radical (unpaired) electrons. The SMILES string of the molecule is C/C=C/COc1ccnc(C#N)n1. The second-order valence-corrected chi connectivity index (χ2v) is 2.21. The van der Waals surface area contributed by atoms with Crippen LogP contribution >= 0.6 is 0 Å². The van der Waals surface area contributed by atoms with Gasteiger partial charge in [0.1, 0.15) is 12.7 Å². The van der Waals surface area contributed by atoms with Gasteiger partial charge < -0.3 is 4.74 Å². The summed E-state index contributed by atoms with van der Waals surface area (Å²) in [4.78, 5) is 7.55.